The summed E-state index contributed by atoms with van der Waals surface area (Å²) in [6, 6.07) is 72.8. The van der Waals surface area contributed by atoms with Gasteiger partial charge in [-0.3, -0.25) is 4.57 Å². The van der Waals surface area contributed by atoms with E-state index in [4.69, 9.17) is 4.98 Å². The SMILES string of the molecule is c1ccc(-c2nc3cccc4c3n2-c2ccc(-c3c5ccccc5c(-c5ccc6ccc7ccccc7c6c5)c5ccccc35)cc2N4c2ccccc2)cc1. The van der Waals surface area contributed by atoms with Crippen molar-refractivity contribution in [1.29, 1.82) is 0 Å². The van der Waals surface area contributed by atoms with Crippen LogP contribution in [0.3, 0.4) is 0 Å². The van der Waals surface area contributed by atoms with E-state index in [0.29, 0.717) is 0 Å². The van der Waals surface area contributed by atoms with E-state index >= 15 is 0 Å². The van der Waals surface area contributed by atoms with E-state index in [0.717, 1.165) is 45.2 Å². The lowest BCUT2D eigenvalue weighted by molar-refractivity contribution is 1.06. The smallest absolute Gasteiger partial charge is 0.145 e. The van der Waals surface area contributed by atoms with Crippen molar-refractivity contribution in [3.05, 3.63) is 200 Å². The highest BCUT2D eigenvalue weighted by molar-refractivity contribution is 6.22. The molecule has 0 bridgehead atoms. The van der Waals surface area contributed by atoms with Crippen LogP contribution >= 0.6 is 0 Å². The summed E-state index contributed by atoms with van der Waals surface area (Å²) >= 11 is 0. The quantitative estimate of drug-likeness (QED) is 0.134. The Morgan fingerprint density at radius 3 is 1.59 bits per heavy atom. The van der Waals surface area contributed by atoms with Crippen molar-refractivity contribution < 1.29 is 0 Å². The molecule has 3 heteroatoms. The Labute approximate surface area is 324 Å². The molecule has 260 valence electrons. The van der Waals surface area contributed by atoms with Crippen molar-refractivity contribution in [2.24, 2.45) is 0 Å². The van der Waals surface area contributed by atoms with Crippen molar-refractivity contribution in [2.45, 2.75) is 0 Å². The Hall–Kier alpha value is -7.49. The second-order valence-corrected chi connectivity index (χ2v) is 14.7. The summed E-state index contributed by atoms with van der Waals surface area (Å²) in [5.41, 5.74) is 12.5. The van der Waals surface area contributed by atoms with Crippen LogP contribution in [0.15, 0.2) is 200 Å². The van der Waals surface area contributed by atoms with Gasteiger partial charge in [0.2, 0.25) is 0 Å². The van der Waals surface area contributed by atoms with Crippen LogP contribution in [0, 0.1) is 0 Å². The molecule has 2 heterocycles. The Morgan fingerprint density at radius 2 is 0.893 bits per heavy atom. The fourth-order valence-electron chi connectivity index (χ4n) is 9.24. The first-order chi connectivity index (χ1) is 27.8. The Kier molecular flexibility index (Phi) is 6.63. The molecule has 0 fully saturated rings. The highest BCUT2D eigenvalue weighted by Crippen LogP contribution is 2.51. The number of hydrogen-bond acceptors (Lipinski definition) is 2. The van der Waals surface area contributed by atoms with Gasteiger partial charge in [0.15, 0.2) is 0 Å². The lowest BCUT2D eigenvalue weighted by Gasteiger charge is -2.33. The molecule has 3 nitrogen and oxygen atoms in total. The van der Waals surface area contributed by atoms with Crippen LogP contribution in [0.25, 0.3) is 93.5 Å². The largest absolute Gasteiger partial charge is 0.306 e. The number of hydrogen-bond donors (Lipinski definition) is 0. The van der Waals surface area contributed by atoms with Crippen molar-refractivity contribution in [2.75, 3.05) is 4.90 Å². The van der Waals surface area contributed by atoms with Crippen molar-refractivity contribution in [1.82, 2.24) is 9.55 Å². The average molecular weight is 712 g/mol. The molecule has 10 aromatic carbocycles. The highest BCUT2D eigenvalue weighted by Gasteiger charge is 2.30. The average Bonchev–Trinajstić information content (AvgIpc) is 3.67. The fraction of sp³-hybridized carbons (Fsp3) is 0. The molecule has 0 radical (unpaired) electrons. The Bertz CT molecular complexity index is 3300. The van der Waals surface area contributed by atoms with Gasteiger partial charge in [-0.2, -0.15) is 0 Å². The minimum atomic E-state index is 0.943. The van der Waals surface area contributed by atoms with Gasteiger partial charge in [-0.05, 0) is 108 Å². The van der Waals surface area contributed by atoms with Gasteiger partial charge in [-0.15, -0.1) is 0 Å². The molecule has 0 saturated carbocycles. The van der Waals surface area contributed by atoms with E-state index in [1.165, 1.54) is 65.3 Å². The number of benzene rings is 10. The maximum atomic E-state index is 5.25. The maximum Gasteiger partial charge on any atom is 0.145 e. The van der Waals surface area contributed by atoms with Gasteiger partial charge in [-0.25, -0.2) is 4.98 Å². The van der Waals surface area contributed by atoms with Gasteiger partial charge < -0.3 is 4.90 Å². The molecule has 0 spiro atoms. The molecule has 0 unspecified atom stereocenters. The molecule has 0 aliphatic carbocycles. The van der Waals surface area contributed by atoms with Crippen LogP contribution in [0.1, 0.15) is 0 Å². The Balaban J connectivity index is 1.14. The van der Waals surface area contributed by atoms with E-state index in [1.54, 1.807) is 0 Å². The molecule has 1 aliphatic heterocycles. The fourth-order valence-corrected chi connectivity index (χ4v) is 9.24. The molecular weight excluding hydrogens is 679 g/mol. The van der Waals surface area contributed by atoms with Crippen LogP contribution in [-0.2, 0) is 0 Å². The molecule has 11 aromatic rings. The Morgan fingerprint density at radius 1 is 0.339 bits per heavy atom. The molecule has 0 amide bonds. The molecule has 56 heavy (non-hydrogen) atoms. The summed E-state index contributed by atoms with van der Waals surface area (Å²) in [6.07, 6.45) is 0. The van der Waals surface area contributed by atoms with Crippen LogP contribution in [0.5, 0.6) is 0 Å². The van der Waals surface area contributed by atoms with Gasteiger partial charge in [0.05, 0.1) is 28.1 Å². The van der Waals surface area contributed by atoms with Crippen molar-refractivity contribution in [3.8, 4) is 39.3 Å². The van der Waals surface area contributed by atoms with Crippen LogP contribution in [0.4, 0.5) is 17.1 Å². The van der Waals surface area contributed by atoms with Gasteiger partial charge in [0.1, 0.15) is 5.82 Å². The third-order valence-electron chi connectivity index (χ3n) is 11.7. The van der Waals surface area contributed by atoms with Gasteiger partial charge in [-0.1, -0.05) is 158 Å². The number of nitrogens with zero attached hydrogens (tertiary/aromatic N) is 3. The maximum absolute atomic E-state index is 5.25. The molecular formula is C53H33N3. The summed E-state index contributed by atoms with van der Waals surface area (Å²) in [4.78, 5) is 7.67. The second kappa shape index (κ2) is 12.0. The number of imidazole rings is 1. The predicted octanol–water partition coefficient (Wildman–Crippen LogP) is 14.4. The molecule has 0 atom stereocenters. The van der Waals surface area contributed by atoms with Gasteiger partial charge in [0.25, 0.3) is 0 Å². The number of rotatable bonds is 4. The predicted molar refractivity (Wildman–Crippen MR) is 236 cm³/mol. The highest BCUT2D eigenvalue weighted by atomic mass is 15.2. The zero-order valence-corrected chi connectivity index (χ0v) is 30.4. The topological polar surface area (TPSA) is 21.1 Å². The zero-order valence-electron chi connectivity index (χ0n) is 30.4. The summed E-state index contributed by atoms with van der Waals surface area (Å²) in [5, 5.41) is 10.0. The number of fused-ring (bicyclic) bond motifs is 7. The van der Waals surface area contributed by atoms with E-state index in [-0.39, 0.29) is 0 Å². The molecule has 1 aliphatic rings. The van der Waals surface area contributed by atoms with Crippen molar-refractivity contribution in [3.63, 3.8) is 0 Å². The van der Waals surface area contributed by atoms with Gasteiger partial charge in [0, 0.05) is 11.3 Å². The number of aromatic nitrogens is 2. The van der Waals surface area contributed by atoms with Crippen LogP contribution in [0.2, 0.25) is 0 Å². The normalized spacial score (nSPS) is 12.2. The first-order valence-electron chi connectivity index (χ1n) is 19.2. The summed E-state index contributed by atoms with van der Waals surface area (Å²) < 4.78 is 2.36. The van der Waals surface area contributed by atoms with Gasteiger partial charge >= 0.3 is 0 Å². The van der Waals surface area contributed by atoms with E-state index in [2.05, 4.69) is 210 Å². The molecule has 0 saturated heterocycles. The summed E-state index contributed by atoms with van der Waals surface area (Å²) in [5.74, 6) is 0.943. The number of para-hydroxylation sites is 2. The second-order valence-electron chi connectivity index (χ2n) is 14.7. The van der Waals surface area contributed by atoms with E-state index in [1.807, 2.05) is 0 Å². The standard InChI is InChI=1S/C53H33N3/c1-3-15-36(16-4-1)53-54-46-24-13-25-48-52(46)56(53)47-31-30-38(33-49(47)55(48)39-17-5-2-6-18-39)51-43-22-11-9-20-41(43)50(42-21-10-12-23-44(42)51)37-29-28-35-27-26-34-14-7-8-19-40(34)45(35)32-37/h1-33H. The first-order valence-corrected chi connectivity index (χ1v) is 19.2. The molecule has 12 rings (SSSR count). The minimum absolute atomic E-state index is 0.943. The number of anilines is 3. The lowest BCUT2D eigenvalue weighted by Crippen LogP contribution is -2.18. The third kappa shape index (κ3) is 4.49. The van der Waals surface area contributed by atoms with E-state index in [9.17, 15) is 0 Å². The summed E-state index contributed by atoms with van der Waals surface area (Å²) in [7, 11) is 0. The van der Waals surface area contributed by atoms with Crippen LogP contribution in [-0.4, -0.2) is 9.55 Å². The van der Waals surface area contributed by atoms with Crippen LogP contribution < -0.4 is 4.90 Å². The first kappa shape index (κ1) is 30.9. The van der Waals surface area contributed by atoms with E-state index < -0.39 is 0 Å². The molecule has 0 N–H and O–H groups in total. The zero-order chi connectivity index (χ0) is 36.7. The lowest BCUT2D eigenvalue weighted by atomic mass is 9.85. The molecule has 1 aromatic heterocycles. The minimum Gasteiger partial charge on any atom is -0.306 e. The van der Waals surface area contributed by atoms with Crippen molar-refractivity contribution >= 4 is 71.2 Å². The summed E-state index contributed by atoms with van der Waals surface area (Å²) in [6.45, 7) is 0. The third-order valence-corrected chi connectivity index (χ3v) is 11.7. The monoisotopic (exact) mass is 711 g/mol.